The van der Waals surface area contributed by atoms with Crippen LogP contribution in [0.15, 0.2) is 71.2 Å². The van der Waals surface area contributed by atoms with E-state index in [4.69, 9.17) is 4.74 Å². The third-order valence-electron chi connectivity index (χ3n) is 8.77. The predicted molar refractivity (Wildman–Crippen MR) is 163 cm³/mol. The topological polar surface area (TPSA) is 177 Å². The summed E-state index contributed by atoms with van der Waals surface area (Å²) in [6, 6.07) is 8.84. The number of aliphatic hydroxyl groups is 1. The van der Waals surface area contributed by atoms with Gasteiger partial charge in [0.25, 0.3) is 0 Å². The number of ether oxygens (including phenoxy) is 1. The normalized spacial score (nSPS) is 24.3. The van der Waals surface area contributed by atoms with Gasteiger partial charge >= 0.3 is 15.2 Å². The van der Waals surface area contributed by atoms with E-state index in [9.17, 15) is 38.6 Å². The number of anilines is 1. The van der Waals surface area contributed by atoms with E-state index in [0.717, 1.165) is 5.56 Å². The van der Waals surface area contributed by atoms with E-state index in [2.05, 4.69) is 5.32 Å². The molecule has 0 fully saturated rings. The highest BCUT2D eigenvalue weighted by Crippen LogP contribution is 2.52. The van der Waals surface area contributed by atoms with Gasteiger partial charge in [-0.1, -0.05) is 46.8 Å². The lowest BCUT2D eigenvalue weighted by atomic mass is 9.73. The van der Waals surface area contributed by atoms with Crippen molar-refractivity contribution < 1.29 is 43.3 Å². The number of Topliss-reactive ketones (excluding diaryl/α,β-unsaturated/α-hetero) is 1. The van der Waals surface area contributed by atoms with Crippen molar-refractivity contribution in [1.82, 2.24) is 5.32 Å². The van der Waals surface area contributed by atoms with Crippen LogP contribution in [-0.4, -0.2) is 49.3 Å². The number of nitrogens with one attached hydrogen (secondary N) is 1. The highest BCUT2D eigenvalue weighted by Gasteiger charge is 2.55. The van der Waals surface area contributed by atoms with Crippen LogP contribution in [-0.2, 0) is 24.8 Å². The van der Waals surface area contributed by atoms with E-state index < -0.39 is 37.5 Å². The molecule has 3 aliphatic rings. The number of allylic oxidation sites excluding steroid dienone is 4. The fourth-order valence-electron chi connectivity index (χ4n) is 6.28. The summed E-state index contributed by atoms with van der Waals surface area (Å²) in [5.41, 5.74) is 0.221. The average molecular weight is 631 g/mol. The monoisotopic (exact) mass is 630 g/mol. The molecule has 1 unspecified atom stereocenters. The first-order valence-electron chi connectivity index (χ1n) is 13.9. The van der Waals surface area contributed by atoms with Gasteiger partial charge in [-0.15, -0.1) is 0 Å². The third kappa shape index (κ3) is 4.75. The Morgan fingerprint density at radius 3 is 2.05 bits per heavy atom. The Morgan fingerprint density at radius 1 is 0.930 bits per heavy atom. The van der Waals surface area contributed by atoms with Gasteiger partial charge in [0.05, 0.1) is 27.2 Å². The van der Waals surface area contributed by atoms with E-state index in [0.29, 0.717) is 30.0 Å². The SMILES string of the molecule is CCNC1(C=C2C(=O)C(C=C3N(CC)c4cc(P(=O)(O)O)ccc4C3(C)C)=C2O)Oc2cc(P(=O)(O)O)ccc2C1(C)C. The number of nitrogens with zero attached hydrogens (tertiary/aromatic N) is 1. The van der Waals surface area contributed by atoms with Gasteiger partial charge in [0.15, 0.2) is 11.5 Å². The van der Waals surface area contributed by atoms with E-state index in [1.165, 1.54) is 30.3 Å². The van der Waals surface area contributed by atoms with Crippen molar-refractivity contribution in [2.75, 3.05) is 18.0 Å². The van der Waals surface area contributed by atoms with Crippen molar-refractivity contribution in [1.29, 1.82) is 0 Å². The first kappa shape index (κ1) is 31.4. The van der Waals surface area contributed by atoms with E-state index in [-0.39, 0.29) is 33.3 Å². The molecule has 1 atom stereocenters. The Kier molecular flexibility index (Phi) is 7.31. The van der Waals surface area contributed by atoms with Crippen molar-refractivity contribution in [3.8, 4) is 5.75 Å². The molecule has 2 aromatic carbocycles. The largest absolute Gasteiger partial charge is 0.506 e. The molecule has 11 nitrogen and oxygen atoms in total. The molecule has 0 spiro atoms. The molecule has 230 valence electrons. The number of hydrogen-bond acceptors (Lipinski definition) is 7. The molecule has 0 saturated heterocycles. The van der Waals surface area contributed by atoms with Crippen LogP contribution in [0.2, 0.25) is 0 Å². The van der Waals surface area contributed by atoms with Crippen molar-refractivity contribution >= 4 is 37.3 Å². The fourth-order valence-corrected chi connectivity index (χ4v) is 7.40. The number of rotatable bonds is 7. The quantitative estimate of drug-likeness (QED) is 0.196. The third-order valence-corrected chi connectivity index (χ3v) is 10.7. The minimum atomic E-state index is -4.53. The molecular formula is C30H36N2O9P2. The van der Waals surface area contributed by atoms with E-state index >= 15 is 0 Å². The Morgan fingerprint density at radius 2 is 1.51 bits per heavy atom. The summed E-state index contributed by atoms with van der Waals surface area (Å²) in [4.78, 5) is 54.3. The van der Waals surface area contributed by atoms with Gasteiger partial charge in [-0.2, -0.15) is 0 Å². The first-order chi connectivity index (χ1) is 19.8. The highest BCUT2D eigenvalue weighted by molar-refractivity contribution is 7.60. The Hall–Kier alpha value is -3.01. The second-order valence-electron chi connectivity index (χ2n) is 12.0. The lowest BCUT2D eigenvalue weighted by Crippen LogP contribution is -2.58. The maximum Gasteiger partial charge on any atom is 0.356 e. The average Bonchev–Trinajstić information content (AvgIpc) is 3.26. The molecule has 0 amide bonds. The number of carbonyl (C=O) groups is 1. The molecule has 13 heteroatoms. The van der Waals surface area contributed by atoms with Crippen LogP contribution in [0.3, 0.4) is 0 Å². The fraction of sp³-hybridized carbons (Fsp3) is 0.367. The molecule has 5 rings (SSSR count). The second-order valence-corrected chi connectivity index (χ2v) is 15.2. The first-order valence-corrected chi connectivity index (χ1v) is 17.1. The minimum absolute atomic E-state index is 0.0454. The molecule has 0 saturated carbocycles. The van der Waals surface area contributed by atoms with Gasteiger partial charge in [-0.25, -0.2) is 0 Å². The summed E-state index contributed by atoms with van der Waals surface area (Å²) < 4.78 is 30.1. The zero-order valence-electron chi connectivity index (χ0n) is 24.7. The van der Waals surface area contributed by atoms with Crippen LogP contribution >= 0.6 is 15.2 Å². The van der Waals surface area contributed by atoms with Crippen LogP contribution in [0.5, 0.6) is 5.75 Å². The van der Waals surface area contributed by atoms with Crippen molar-refractivity contribution in [2.24, 2.45) is 0 Å². The maximum atomic E-state index is 13.6. The highest BCUT2D eigenvalue weighted by atomic mass is 31.2. The summed E-state index contributed by atoms with van der Waals surface area (Å²) in [7, 11) is -9.02. The molecule has 2 heterocycles. The van der Waals surface area contributed by atoms with Crippen molar-refractivity contribution in [3.05, 3.63) is 82.3 Å². The molecule has 43 heavy (non-hydrogen) atoms. The molecule has 0 bridgehead atoms. The lowest BCUT2D eigenvalue weighted by Gasteiger charge is -2.39. The van der Waals surface area contributed by atoms with E-state index in [1.54, 1.807) is 18.2 Å². The zero-order valence-corrected chi connectivity index (χ0v) is 26.5. The number of ketones is 1. The number of carbonyl (C=O) groups excluding carboxylic acids is 1. The number of aliphatic hydroxyl groups excluding tert-OH is 1. The number of fused-ring (bicyclic) bond motifs is 2. The van der Waals surface area contributed by atoms with Gasteiger partial charge in [0, 0.05) is 28.9 Å². The molecule has 1 aliphatic carbocycles. The van der Waals surface area contributed by atoms with Gasteiger partial charge in [0.2, 0.25) is 0 Å². The predicted octanol–water partition coefficient (Wildman–Crippen LogP) is 3.29. The summed E-state index contributed by atoms with van der Waals surface area (Å²) in [5, 5.41) is 14.2. The van der Waals surface area contributed by atoms with Crippen LogP contribution in [0.25, 0.3) is 0 Å². The lowest BCUT2D eigenvalue weighted by molar-refractivity contribution is -0.113. The standard InChI is InChI=1S/C30H36N2O9P2/c1-7-31-30(29(5,6)22-12-10-18(43(38,39)40)14-24(22)41-30)16-20-26(33)19(27(20)34)15-25-28(3,4)21-11-9-17(42(35,36)37)13-23(21)32(25)8-2/h9-16,31,33H,7-8H2,1-6H3,(H2,35,36,37)(H2,38,39,40). The number of likely N-dealkylation sites (N-methyl/N-ethyl adjacent to an activating group) is 2. The van der Waals surface area contributed by atoms with Crippen LogP contribution in [0, 0.1) is 0 Å². The molecule has 2 aliphatic heterocycles. The molecule has 2 aromatic rings. The van der Waals surface area contributed by atoms with Gasteiger partial charge in [-0.05, 0) is 55.4 Å². The van der Waals surface area contributed by atoms with Crippen molar-refractivity contribution in [2.45, 2.75) is 58.1 Å². The number of hydrogen-bond donors (Lipinski definition) is 6. The molecule has 6 N–H and O–H groups in total. The summed E-state index contributed by atoms with van der Waals surface area (Å²) in [6.07, 6.45) is 3.16. The second kappa shape index (κ2) is 10.0. The Balaban J connectivity index is 1.57. The van der Waals surface area contributed by atoms with Crippen LogP contribution in [0.1, 0.15) is 52.7 Å². The smallest absolute Gasteiger partial charge is 0.356 e. The Bertz CT molecular complexity index is 1750. The summed E-state index contributed by atoms with van der Waals surface area (Å²) >= 11 is 0. The summed E-state index contributed by atoms with van der Waals surface area (Å²) in [6.45, 7) is 12.3. The van der Waals surface area contributed by atoms with Crippen LogP contribution < -0.4 is 25.6 Å². The molecule has 0 radical (unpaired) electrons. The van der Waals surface area contributed by atoms with E-state index in [1.807, 2.05) is 46.4 Å². The van der Waals surface area contributed by atoms with Crippen LogP contribution in [0.4, 0.5) is 5.69 Å². The van der Waals surface area contributed by atoms with Gasteiger partial charge < -0.3 is 34.3 Å². The molecule has 0 aromatic heterocycles. The maximum absolute atomic E-state index is 13.6. The Labute approximate surface area is 249 Å². The van der Waals surface area contributed by atoms with Gasteiger partial charge in [0.1, 0.15) is 11.5 Å². The summed E-state index contributed by atoms with van der Waals surface area (Å²) in [5.74, 6) is -0.369. The zero-order chi connectivity index (χ0) is 31.9. The van der Waals surface area contributed by atoms with Crippen molar-refractivity contribution in [3.63, 3.8) is 0 Å². The van der Waals surface area contributed by atoms with Gasteiger partial charge in [-0.3, -0.25) is 19.2 Å². The molecular weight excluding hydrogens is 594 g/mol. The minimum Gasteiger partial charge on any atom is -0.506 e. The number of benzene rings is 2.